The Morgan fingerprint density at radius 2 is 1.95 bits per heavy atom. The summed E-state index contributed by atoms with van der Waals surface area (Å²) in [5.41, 5.74) is -0.229. The quantitative estimate of drug-likeness (QED) is 0.656. The van der Waals surface area contributed by atoms with Crippen molar-refractivity contribution in [3.63, 3.8) is 0 Å². The molecule has 0 aromatic carbocycles. The van der Waals surface area contributed by atoms with Gasteiger partial charge in [-0.05, 0) is 37.4 Å². The van der Waals surface area contributed by atoms with E-state index in [0.29, 0.717) is 12.0 Å². The van der Waals surface area contributed by atoms with Gasteiger partial charge in [0.15, 0.2) is 0 Å². The van der Waals surface area contributed by atoms with Crippen LogP contribution in [0.5, 0.6) is 0 Å². The zero-order valence-corrected chi connectivity index (χ0v) is 12.8. The number of nitrogens with one attached hydrogen (secondary N) is 1. The van der Waals surface area contributed by atoms with Crippen LogP contribution in [0, 0.1) is 5.41 Å². The molecule has 106 valence electrons. The lowest BCUT2D eigenvalue weighted by Gasteiger charge is -2.40. The molecule has 1 aromatic heterocycles. The van der Waals surface area contributed by atoms with Gasteiger partial charge in [-0.25, -0.2) is 9.97 Å². The average molecular weight is 281 g/mol. The number of aliphatic hydroxyl groups is 1. The number of rotatable bonds is 4. The van der Waals surface area contributed by atoms with E-state index in [1.54, 1.807) is 18.1 Å². The third-order valence-corrected chi connectivity index (χ3v) is 4.63. The summed E-state index contributed by atoms with van der Waals surface area (Å²) in [6.45, 7) is 5.11. The molecule has 4 nitrogen and oxygen atoms in total. The molecule has 1 heterocycles. The normalized spacial score (nSPS) is 21.1. The van der Waals surface area contributed by atoms with Gasteiger partial charge in [-0.3, -0.25) is 0 Å². The molecule has 1 saturated carbocycles. The lowest BCUT2D eigenvalue weighted by molar-refractivity contribution is -0.0145. The lowest BCUT2D eigenvalue weighted by atomic mass is 9.71. The molecule has 0 spiro atoms. The third kappa shape index (κ3) is 4.08. The standard InChI is InChI=1S/C14H23N3OS/c1-13(2)4-6-14(18,7-5-13)9-15-11-8-12(19-3)17-10-16-11/h8,10,18H,4-7,9H2,1-3H3,(H,15,16,17). The molecule has 1 aliphatic carbocycles. The van der Waals surface area contributed by atoms with Crippen LogP contribution in [0.1, 0.15) is 39.5 Å². The molecule has 1 fully saturated rings. The minimum Gasteiger partial charge on any atom is -0.388 e. The minimum absolute atomic E-state index is 0.368. The van der Waals surface area contributed by atoms with Gasteiger partial charge >= 0.3 is 0 Å². The van der Waals surface area contributed by atoms with Crippen molar-refractivity contribution >= 4 is 17.6 Å². The molecule has 0 amide bonds. The average Bonchev–Trinajstić information content (AvgIpc) is 2.41. The van der Waals surface area contributed by atoms with Gasteiger partial charge in [0, 0.05) is 12.6 Å². The fourth-order valence-electron chi connectivity index (χ4n) is 2.37. The van der Waals surface area contributed by atoms with Crippen LogP contribution in [-0.4, -0.2) is 33.5 Å². The first kappa shape index (κ1) is 14.6. The summed E-state index contributed by atoms with van der Waals surface area (Å²) < 4.78 is 0. The van der Waals surface area contributed by atoms with Gasteiger partial charge in [-0.15, -0.1) is 11.8 Å². The Hall–Kier alpha value is -0.810. The Balaban J connectivity index is 1.91. The first-order chi connectivity index (χ1) is 8.92. The highest BCUT2D eigenvalue weighted by Crippen LogP contribution is 2.40. The third-order valence-electron chi connectivity index (χ3n) is 3.98. The highest BCUT2D eigenvalue weighted by molar-refractivity contribution is 7.98. The molecule has 1 aromatic rings. The van der Waals surface area contributed by atoms with Crippen molar-refractivity contribution in [2.75, 3.05) is 18.1 Å². The van der Waals surface area contributed by atoms with Gasteiger partial charge in [0.05, 0.1) is 5.60 Å². The maximum absolute atomic E-state index is 10.6. The molecule has 0 saturated heterocycles. The van der Waals surface area contributed by atoms with Gasteiger partial charge in [0.2, 0.25) is 0 Å². The number of thioether (sulfide) groups is 1. The molecule has 2 N–H and O–H groups in total. The van der Waals surface area contributed by atoms with Crippen LogP contribution in [0.15, 0.2) is 17.4 Å². The highest BCUT2D eigenvalue weighted by atomic mass is 32.2. The molecule has 5 heteroatoms. The highest BCUT2D eigenvalue weighted by Gasteiger charge is 2.36. The summed E-state index contributed by atoms with van der Waals surface area (Å²) >= 11 is 1.59. The van der Waals surface area contributed by atoms with E-state index in [1.165, 1.54) is 0 Å². The van der Waals surface area contributed by atoms with E-state index in [9.17, 15) is 5.11 Å². The number of anilines is 1. The molecular formula is C14H23N3OS. The van der Waals surface area contributed by atoms with E-state index in [2.05, 4.69) is 29.1 Å². The van der Waals surface area contributed by atoms with E-state index < -0.39 is 5.60 Å². The fourth-order valence-corrected chi connectivity index (χ4v) is 2.75. The summed E-state index contributed by atoms with van der Waals surface area (Å²) in [6, 6.07) is 1.92. The summed E-state index contributed by atoms with van der Waals surface area (Å²) in [5.74, 6) is 0.789. The lowest BCUT2D eigenvalue weighted by Crippen LogP contribution is -2.42. The van der Waals surface area contributed by atoms with Crippen molar-refractivity contribution in [2.24, 2.45) is 5.41 Å². The first-order valence-electron chi connectivity index (χ1n) is 6.75. The second-order valence-electron chi connectivity index (χ2n) is 6.19. The molecule has 0 unspecified atom stereocenters. The number of nitrogens with zero attached hydrogens (tertiary/aromatic N) is 2. The van der Waals surface area contributed by atoms with Crippen molar-refractivity contribution in [2.45, 2.75) is 50.2 Å². The van der Waals surface area contributed by atoms with Gasteiger partial charge < -0.3 is 10.4 Å². The van der Waals surface area contributed by atoms with E-state index in [4.69, 9.17) is 0 Å². The van der Waals surface area contributed by atoms with Gasteiger partial charge in [0.1, 0.15) is 17.2 Å². The summed E-state index contributed by atoms with van der Waals surface area (Å²) in [4.78, 5) is 8.32. The zero-order valence-electron chi connectivity index (χ0n) is 11.9. The molecule has 1 aliphatic rings. The van der Waals surface area contributed by atoms with E-state index >= 15 is 0 Å². The van der Waals surface area contributed by atoms with Gasteiger partial charge in [-0.2, -0.15) is 0 Å². The molecule has 0 radical (unpaired) electrons. The SMILES string of the molecule is CSc1cc(NCC2(O)CCC(C)(C)CC2)ncn1. The van der Waals surface area contributed by atoms with Crippen LogP contribution < -0.4 is 5.32 Å². The molecule has 0 bridgehead atoms. The van der Waals surface area contributed by atoms with Gasteiger partial charge in [-0.1, -0.05) is 13.8 Å². The maximum atomic E-state index is 10.6. The first-order valence-corrected chi connectivity index (χ1v) is 7.97. The fraction of sp³-hybridized carbons (Fsp3) is 0.714. The van der Waals surface area contributed by atoms with Crippen molar-refractivity contribution in [1.29, 1.82) is 0 Å². The van der Waals surface area contributed by atoms with Crippen LogP contribution in [-0.2, 0) is 0 Å². The van der Waals surface area contributed by atoms with Crippen LogP contribution in [0.2, 0.25) is 0 Å². The van der Waals surface area contributed by atoms with E-state index in [0.717, 1.165) is 36.5 Å². The Bertz CT molecular complexity index is 426. The summed E-state index contributed by atoms with van der Waals surface area (Å²) in [6.07, 6.45) is 7.40. The molecule has 0 aliphatic heterocycles. The van der Waals surface area contributed by atoms with Crippen molar-refractivity contribution in [3.05, 3.63) is 12.4 Å². The Kier molecular flexibility index (Phi) is 4.36. The maximum Gasteiger partial charge on any atom is 0.130 e. The molecular weight excluding hydrogens is 258 g/mol. The smallest absolute Gasteiger partial charge is 0.130 e. The topological polar surface area (TPSA) is 58.0 Å². The molecule has 19 heavy (non-hydrogen) atoms. The van der Waals surface area contributed by atoms with Crippen molar-refractivity contribution in [3.8, 4) is 0 Å². The van der Waals surface area contributed by atoms with Crippen LogP contribution in [0.4, 0.5) is 5.82 Å². The van der Waals surface area contributed by atoms with Crippen LogP contribution in [0.3, 0.4) is 0 Å². The van der Waals surface area contributed by atoms with Crippen LogP contribution in [0.25, 0.3) is 0 Å². The van der Waals surface area contributed by atoms with E-state index in [1.807, 2.05) is 12.3 Å². The predicted molar refractivity (Wildman–Crippen MR) is 79.5 cm³/mol. The summed E-state index contributed by atoms with van der Waals surface area (Å²) in [7, 11) is 0. The monoisotopic (exact) mass is 281 g/mol. The zero-order chi connectivity index (χ0) is 13.9. The number of hydrogen-bond acceptors (Lipinski definition) is 5. The second kappa shape index (κ2) is 5.67. The van der Waals surface area contributed by atoms with E-state index in [-0.39, 0.29) is 0 Å². The molecule has 2 rings (SSSR count). The largest absolute Gasteiger partial charge is 0.388 e. The van der Waals surface area contributed by atoms with Crippen LogP contribution >= 0.6 is 11.8 Å². The molecule has 0 atom stereocenters. The van der Waals surface area contributed by atoms with Crippen molar-refractivity contribution < 1.29 is 5.11 Å². The summed E-state index contributed by atoms with van der Waals surface area (Å²) in [5, 5.41) is 14.8. The predicted octanol–water partition coefficient (Wildman–Crippen LogP) is 2.94. The Morgan fingerprint density at radius 1 is 1.26 bits per heavy atom. The van der Waals surface area contributed by atoms with Gasteiger partial charge in [0.25, 0.3) is 0 Å². The number of hydrogen-bond donors (Lipinski definition) is 2. The second-order valence-corrected chi connectivity index (χ2v) is 7.01. The van der Waals surface area contributed by atoms with Crippen molar-refractivity contribution in [1.82, 2.24) is 9.97 Å². The number of aromatic nitrogens is 2. The minimum atomic E-state index is -0.597. The Labute approximate surface area is 119 Å². The Morgan fingerprint density at radius 3 is 2.58 bits per heavy atom.